The highest BCUT2D eigenvalue weighted by atomic mass is 16.6. The number of nitrogens with zero attached hydrogens (tertiary/aromatic N) is 3. The van der Waals surface area contributed by atoms with Gasteiger partial charge in [0.25, 0.3) is 0 Å². The molecule has 124 valence electrons. The minimum absolute atomic E-state index is 0.276. The Labute approximate surface area is 133 Å². The number of nitrogen functional groups attached to an aromatic ring is 1. The molecule has 1 amide bonds. The van der Waals surface area contributed by atoms with Crippen molar-refractivity contribution in [1.82, 2.24) is 15.0 Å². The van der Waals surface area contributed by atoms with Crippen molar-refractivity contribution in [3.63, 3.8) is 0 Å². The maximum Gasteiger partial charge on any atom is 0.415 e. The van der Waals surface area contributed by atoms with E-state index in [2.05, 4.69) is 10.1 Å². The summed E-state index contributed by atoms with van der Waals surface area (Å²) in [6.45, 7) is 4.67. The molecule has 8 nitrogen and oxygen atoms in total. The van der Waals surface area contributed by atoms with Gasteiger partial charge in [0, 0.05) is 33.2 Å². The number of likely N-dealkylation sites (N-methyl/N-ethyl adjacent to an activating group) is 1. The van der Waals surface area contributed by atoms with Crippen molar-refractivity contribution in [3.8, 4) is 5.75 Å². The molecule has 0 bridgehead atoms. The van der Waals surface area contributed by atoms with E-state index in [1.807, 2.05) is 0 Å². The quantitative estimate of drug-likeness (QED) is 0.903. The Morgan fingerprint density at radius 2 is 2.22 bits per heavy atom. The Morgan fingerprint density at radius 1 is 1.43 bits per heavy atom. The van der Waals surface area contributed by atoms with E-state index < -0.39 is 6.09 Å². The fourth-order valence-corrected chi connectivity index (χ4v) is 2.39. The molecule has 2 heterocycles. The summed E-state index contributed by atoms with van der Waals surface area (Å²) in [5, 5.41) is 4.30. The summed E-state index contributed by atoms with van der Waals surface area (Å²) in [6, 6.07) is 4.98. The molecule has 0 spiro atoms. The Balaban J connectivity index is 1.55. The summed E-state index contributed by atoms with van der Waals surface area (Å²) in [6.07, 6.45) is -0.410. The zero-order valence-electron chi connectivity index (χ0n) is 13.0. The summed E-state index contributed by atoms with van der Waals surface area (Å²) in [7, 11) is 1.72. The standard InChI is InChI=1S/C15H20N4O4/c1-18(4-5-19-6-8-21-9-7-19)15(20)22-11-2-3-13-12(10-11)14(16)17-23-13/h2-3,10H,4-9H2,1H3,(H2,16,17). The Hall–Kier alpha value is -2.32. The first-order valence-electron chi connectivity index (χ1n) is 7.51. The molecule has 1 aliphatic rings. The lowest BCUT2D eigenvalue weighted by molar-refractivity contribution is 0.0349. The van der Waals surface area contributed by atoms with Crippen molar-refractivity contribution >= 4 is 22.9 Å². The summed E-state index contributed by atoms with van der Waals surface area (Å²) in [5.41, 5.74) is 6.25. The number of aromatic nitrogens is 1. The zero-order valence-corrected chi connectivity index (χ0v) is 13.0. The van der Waals surface area contributed by atoms with Crippen LogP contribution < -0.4 is 10.5 Å². The smallest absolute Gasteiger partial charge is 0.410 e. The predicted octanol–water partition coefficient (Wildman–Crippen LogP) is 1.17. The number of hydrogen-bond donors (Lipinski definition) is 1. The maximum absolute atomic E-state index is 12.1. The molecule has 1 fully saturated rings. The van der Waals surface area contributed by atoms with E-state index in [1.54, 1.807) is 30.1 Å². The minimum atomic E-state index is -0.410. The number of nitrogens with two attached hydrogens (primary N) is 1. The van der Waals surface area contributed by atoms with Crippen LogP contribution in [0.4, 0.5) is 10.6 Å². The second kappa shape index (κ2) is 6.84. The van der Waals surface area contributed by atoms with Crippen LogP contribution in [0.25, 0.3) is 11.0 Å². The molecule has 2 aromatic rings. The van der Waals surface area contributed by atoms with E-state index in [9.17, 15) is 4.79 Å². The van der Waals surface area contributed by atoms with Crippen LogP contribution in [0.1, 0.15) is 0 Å². The average molecular weight is 320 g/mol. The lowest BCUT2D eigenvalue weighted by Crippen LogP contribution is -2.42. The number of ether oxygens (including phenoxy) is 2. The van der Waals surface area contributed by atoms with Gasteiger partial charge in [-0.25, -0.2) is 4.79 Å². The second-order valence-electron chi connectivity index (χ2n) is 5.47. The number of morpholine rings is 1. The first-order chi connectivity index (χ1) is 11.1. The monoisotopic (exact) mass is 320 g/mol. The molecule has 0 aliphatic carbocycles. The first-order valence-corrected chi connectivity index (χ1v) is 7.51. The SMILES string of the molecule is CN(CCN1CCOCC1)C(=O)Oc1ccc2onc(N)c2c1. The largest absolute Gasteiger partial charge is 0.415 e. The number of carbonyl (C=O) groups excluding carboxylic acids is 1. The number of rotatable bonds is 4. The van der Waals surface area contributed by atoms with Gasteiger partial charge in [-0.15, -0.1) is 0 Å². The number of carbonyl (C=O) groups is 1. The molecule has 8 heteroatoms. The van der Waals surface area contributed by atoms with Crippen molar-refractivity contribution in [2.45, 2.75) is 0 Å². The van der Waals surface area contributed by atoms with Crippen LogP contribution in [0.2, 0.25) is 0 Å². The van der Waals surface area contributed by atoms with Gasteiger partial charge in [0.2, 0.25) is 0 Å². The maximum atomic E-state index is 12.1. The van der Waals surface area contributed by atoms with Gasteiger partial charge in [-0.05, 0) is 18.2 Å². The molecular weight excluding hydrogens is 300 g/mol. The van der Waals surface area contributed by atoms with Gasteiger partial charge < -0.3 is 24.6 Å². The zero-order chi connectivity index (χ0) is 16.2. The van der Waals surface area contributed by atoms with Gasteiger partial charge in [-0.3, -0.25) is 4.90 Å². The molecular formula is C15H20N4O4. The fraction of sp³-hybridized carbons (Fsp3) is 0.467. The van der Waals surface area contributed by atoms with Crippen LogP contribution in [0.5, 0.6) is 5.75 Å². The third-order valence-corrected chi connectivity index (χ3v) is 3.84. The second-order valence-corrected chi connectivity index (χ2v) is 5.47. The van der Waals surface area contributed by atoms with Crippen LogP contribution in [0.3, 0.4) is 0 Å². The summed E-state index contributed by atoms with van der Waals surface area (Å²) < 4.78 is 15.7. The van der Waals surface area contributed by atoms with E-state index in [0.717, 1.165) is 32.8 Å². The highest BCUT2D eigenvalue weighted by Gasteiger charge is 2.16. The molecule has 1 aromatic carbocycles. The molecule has 0 atom stereocenters. The number of fused-ring (bicyclic) bond motifs is 1. The van der Waals surface area contributed by atoms with Crippen LogP contribution in [-0.2, 0) is 4.74 Å². The lowest BCUT2D eigenvalue weighted by Gasteiger charge is -2.28. The Bertz CT molecular complexity index is 681. The van der Waals surface area contributed by atoms with Crippen molar-refractivity contribution in [2.24, 2.45) is 0 Å². The van der Waals surface area contributed by atoms with E-state index in [1.165, 1.54) is 0 Å². The number of anilines is 1. The van der Waals surface area contributed by atoms with Gasteiger partial charge >= 0.3 is 6.09 Å². The van der Waals surface area contributed by atoms with Crippen LogP contribution >= 0.6 is 0 Å². The van der Waals surface area contributed by atoms with E-state index in [-0.39, 0.29) is 5.82 Å². The third kappa shape index (κ3) is 3.72. The molecule has 3 rings (SSSR count). The molecule has 0 unspecified atom stereocenters. The van der Waals surface area contributed by atoms with Crippen LogP contribution in [0.15, 0.2) is 22.7 Å². The van der Waals surface area contributed by atoms with Crippen LogP contribution in [0, 0.1) is 0 Å². The lowest BCUT2D eigenvalue weighted by atomic mass is 10.2. The number of hydrogen-bond acceptors (Lipinski definition) is 7. The number of benzene rings is 1. The summed E-state index contributed by atoms with van der Waals surface area (Å²) in [4.78, 5) is 15.9. The van der Waals surface area contributed by atoms with Crippen molar-refractivity contribution in [2.75, 3.05) is 52.2 Å². The topological polar surface area (TPSA) is 94.1 Å². The number of amides is 1. The van der Waals surface area contributed by atoms with Crippen molar-refractivity contribution < 1.29 is 18.8 Å². The summed E-state index contributed by atoms with van der Waals surface area (Å²) in [5.74, 6) is 0.689. The van der Waals surface area contributed by atoms with Gasteiger partial charge in [-0.1, -0.05) is 5.16 Å². The molecule has 1 aromatic heterocycles. The van der Waals surface area contributed by atoms with Crippen LogP contribution in [-0.4, -0.2) is 67.5 Å². The molecule has 0 radical (unpaired) electrons. The summed E-state index contributed by atoms with van der Waals surface area (Å²) >= 11 is 0. The highest BCUT2D eigenvalue weighted by Crippen LogP contribution is 2.25. The molecule has 0 saturated carbocycles. The third-order valence-electron chi connectivity index (χ3n) is 3.84. The molecule has 1 aliphatic heterocycles. The van der Waals surface area contributed by atoms with Gasteiger partial charge in [-0.2, -0.15) is 0 Å². The minimum Gasteiger partial charge on any atom is -0.410 e. The van der Waals surface area contributed by atoms with Crippen molar-refractivity contribution in [3.05, 3.63) is 18.2 Å². The van der Waals surface area contributed by atoms with E-state index in [0.29, 0.717) is 23.3 Å². The Morgan fingerprint density at radius 3 is 3.00 bits per heavy atom. The first kappa shape index (κ1) is 15.6. The van der Waals surface area contributed by atoms with Gasteiger partial charge in [0.15, 0.2) is 11.4 Å². The highest BCUT2D eigenvalue weighted by molar-refractivity contribution is 5.88. The normalized spacial score (nSPS) is 15.7. The van der Waals surface area contributed by atoms with E-state index >= 15 is 0 Å². The fourth-order valence-electron chi connectivity index (χ4n) is 2.39. The van der Waals surface area contributed by atoms with Gasteiger partial charge in [0.05, 0.1) is 18.6 Å². The molecule has 1 saturated heterocycles. The predicted molar refractivity (Wildman–Crippen MR) is 84.3 cm³/mol. The van der Waals surface area contributed by atoms with Crippen molar-refractivity contribution in [1.29, 1.82) is 0 Å². The van der Waals surface area contributed by atoms with Gasteiger partial charge in [0.1, 0.15) is 5.75 Å². The van der Waals surface area contributed by atoms with E-state index in [4.69, 9.17) is 19.7 Å². The molecule has 2 N–H and O–H groups in total. The molecule has 23 heavy (non-hydrogen) atoms. The Kier molecular flexibility index (Phi) is 4.63. The average Bonchev–Trinajstić information content (AvgIpc) is 2.94.